The highest BCUT2D eigenvalue weighted by atomic mass is 16.5. The molecule has 306 valence electrons. The monoisotopic (exact) mass is 796 g/mol. The topological polar surface area (TPSA) is 219 Å². The number of hydrogen-bond acceptors (Lipinski definition) is 12. The summed E-state index contributed by atoms with van der Waals surface area (Å²) in [6.45, 7) is 4.48. The molecule has 0 aliphatic carbocycles. The van der Waals surface area contributed by atoms with Crippen molar-refractivity contribution >= 4 is 45.9 Å². The molecule has 5 aromatic rings. The Kier molecular flexibility index (Phi) is 11.8. The molecule has 2 aromatic carbocycles. The van der Waals surface area contributed by atoms with E-state index < -0.39 is 36.5 Å². The van der Waals surface area contributed by atoms with Gasteiger partial charge in [-0.25, -0.2) is 19.6 Å². The predicted octanol–water partition coefficient (Wildman–Crippen LogP) is 4.41. The number of benzene rings is 2. The minimum Gasteiger partial charge on any atom is -0.453 e. The molecule has 2 aliphatic heterocycles. The summed E-state index contributed by atoms with van der Waals surface area (Å²) in [5.41, 5.74) is 5.38. The minimum atomic E-state index is -0.920. The van der Waals surface area contributed by atoms with Crippen molar-refractivity contribution in [2.75, 3.05) is 41.5 Å². The number of methoxy groups -OCH3 is 4. The molecule has 0 saturated carbocycles. The first-order chi connectivity index (χ1) is 28.0. The van der Waals surface area contributed by atoms with Crippen molar-refractivity contribution < 1.29 is 38.1 Å². The third-order valence-corrected chi connectivity index (χ3v) is 11.1. The van der Waals surface area contributed by atoms with Gasteiger partial charge in [0.1, 0.15) is 23.7 Å². The lowest BCUT2D eigenvalue weighted by Gasteiger charge is -2.30. The maximum absolute atomic E-state index is 13.7. The first kappa shape index (κ1) is 40.1. The van der Waals surface area contributed by atoms with E-state index in [1.54, 1.807) is 29.8 Å². The first-order valence-corrected chi connectivity index (χ1v) is 19.2. The van der Waals surface area contributed by atoms with E-state index in [0.29, 0.717) is 48.8 Å². The molecule has 2 aliphatic rings. The number of H-pyrrole nitrogens is 2. The molecule has 4 amide bonds. The van der Waals surface area contributed by atoms with Crippen molar-refractivity contribution in [3.8, 4) is 22.5 Å². The van der Waals surface area contributed by atoms with Crippen LogP contribution in [-0.2, 0) is 28.5 Å². The van der Waals surface area contributed by atoms with Crippen molar-refractivity contribution in [2.45, 2.75) is 75.9 Å². The Bertz CT molecular complexity index is 2310. The number of nitrogens with zero attached hydrogens (tertiary/aromatic N) is 6. The largest absolute Gasteiger partial charge is 0.453 e. The molecular weight excluding hydrogens is 749 g/mol. The van der Waals surface area contributed by atoms with Crippen LogP contribution in [-0.4, -0.2) is 130 Å². The highest BCUT2D eigenvalue weighted by Gasteiger charge is 2.40. The Morgan fingerprint density at radius 1 is 0.724 bits per heavy atom. The average Bonchev–Trinajstić information content (AvgIpc) is 4.09. The third-order valence-electron chi connectivity index (χ3n) is 11.1. The highest BCUT2D eigenvalue weighted by molar-refractivity contribution is 5.89. The number of aromatic amines is 2. The molecule has 5 heterocycles. The van der Waals surface area contributed by atoms with Gasteiger partial charge in [0.15, 0.2) is 0 Å². The molecular formula is C40H48N10O8. The summed E-state index contributed by atoms with van der Waals surface area (Å²) in [6, 6.07) is 11.3. The van der Waals surface area contributed by atoms with Crippen molar-refractivity contribution in [1.29, 1.82) is 0 Å². The van der Waals surface area contributed by atoms with Gasteiger partial charge in [-0.15, -0.1) is 10.2 Å². The van der Waals surface area contributed by atoms with Crippen LogP contribution < -0.4 is 10.6 Å². The Morgan fingerprint density at radius 3 is 1.93 bits per heavy atom. The fourth-order valence-electron chi connectivity index (χ4n) is 7.73. The molecule has 18 heteroatoms. The van der Waals surface area contributed by atoms with Gasteiger partial charge >= 0.3 is 12.2 Å². The molecule has 7 rings (SSSR count). The Balaban J connectivity index is 1.07. The Labute approximate surface area is 334 Å². The molecule has 4 N–H and O–H groups in total. The zero-order valence-corrected chi connectivity index (χ0v) is 33.3. The summed E-state index contributed by atoms with van der Waals surface area (Å²) in [7, 11) is 5.48. The van der Waals surface area contributed by atoms with Crippen LogP contribution in [0.15, 0.2) is 48.7 Å². The van der Waals surface area contributed by atoms with Gasteiger partial charge in [0.2, 0.25) is 11.8 Å². The number of rotatable bonds is 12. The maximum Gasteiger partial charge on any atom is 0.407 e. The van der Waals surface area contributed by atoms with Crippen LogP contribution in [0.4, 0.5) is 9.59 Å². The van der Waals surface area contributed by atoms with Gasteiger partial charge in [-0.1, -0.05) is 18.2 Å². The van der Waals surface area contributed by atoms with Gasteiger partial charge < -0.3 is 49.3 Å². The first-order valence-electron chi connectivity index (χ1n) is 19.2. The van der Waals surface area contributed by atoms with Crippen molar-refractivity contribution in [3.05, 3.63) is 60.3 Å². The van der Waals surface area contributed by atoms with Gasteiger partial charge in [0.25, 0.3) is 0 Å². The van der Waals surface area contributed by atoms with Gasteiger partial charge in [0.05, 0.1) is 72.6 Å². The molecule has 0 radical (unpaired) electrons. The Morgan fingerprint density at radius 2 is 1.33 bits per heavy atom. The summed E-state index contributed by atoms with van der Waals surface area (Å²) in [5, 5.41) is 15.3. The lowest BCUT2D eigenvalue weighted by atomic mass is 10.1. The van der Waals surface area contributed by atoms with E-state index >= 15 is 0 Å². The molecule has 3 aromatic heterocycles. The van der Waals surface area contributed by atoms with E-state index in [9.17, 15) is 19.2 Å². The normalized spacial score (nSPS) is 18.9. The Hall–Kier alpha value is -6.14. The van der Waals surface area contributed by atoms with E-state index in [-0.39, 0.29) is 23.9 Å². The third kappa shape index (κ3) is 8.02. The molecule has 18 nitrogen and oxygen atoms in total. The van der Waals surface area contributed by atoms with Gasteiger partial charge in [-0.3, -0.25) is 9.59 Å². The van der Waals surface area contributed by atoms with Gasteiger partial charge in [-0.05, 0) is 63.8 Å². The number of hydrogen-bond donors (Lipinski definition) is 4. The molecule has 2 saturated heterocycles. The number of fused-ring (bicyclic) bond motifs is 2. The lowest BCUT2D eigenvalue weighted by Crippen LogP contribution is -2.54. The average molecular weight is 797 g/mol. The van der Waals surface area contributed by atoms with Crippen molar-refractivity contribution in [1.82, 2.24) is 50.6 Å². The summed E-state index contributed by atoms with van der Waals surface area (Å²) in [5.74, 6) is 0.769. The van der Waals surface area contributed by atoms with Gasteiger partial charge in [-0.2, -0.15) is 0 Å². The zero-order chi connectivity index (χ0) is 41.1. The van der Waals surface area contributed by atoms with E-state index in [0.717, 1.165) is 46.1 Å². The SMILES string of the molecule is COC(=O)N[C@H](C(=O)N1CCC[C@H]1c1ncc(-c2ccc3cc(-c4ccc5nc([C@@H]6CCCN6C(=O)[C@@H](NC(=O)OC)[C@@H](C)OC)[nH]c5c4)nnc3c2)[nH]1)[C@@H](C)OC. The van der Waals surface area contributed by atoms with Crippen LogP contribution in [0.2, 0.25) is 0 Å². The number of aromatic nitrogens is 6. The highest BCUT2D eigenvalue weighted by Crippen LogP contribution is 2.35. The molecule has 0 spiro atoms. The minimum absolute atomic E-state index is 0.268. The van der Waals surface area contributed by atoms with Gasteiger partial charge in [0, 0.05) is 43.8 Å². The second-order valence-corrected chi connectivity index (χ2v) is 14.5. The van der Waals surface area contributed by atoms with E-state index in [4.69, 9.17) is 23.9 Å². The van der Waals surface area contributed by atoms with Crippen LogP contribution in [0.3, 0.4) is 0 Å². The van der Waals surface area contributed by atoms with E-state index in [1.807, 2.05) is 42.5 Å². The number of amides is 4. The number of alkyl carbamates (subject to hydrolysis) is 2. The summed E-state index contributed by atoms with van der Waals surface area (Å²) in [6.07, 6.45) is 2.18. The second kappa shape index (κ2) is 17.2. The number of ether oxygens (including phenoxy) is 4. The molecule has 0 unspecified atom stereocenters. The number of likely N-dealkylation sites (tertiary alicyclic amines) is 2. The number of nitrogens with one attached hydrogen (secondary N) is 4. The standard InChI is InChI=1S/C40H48N10O8/c1-21(55-3)33(45-39(53)57-5)37(51)49-15-7-9-31(49)35-41-20-30(44-35)25-12-11-23-17-27(47-48-28(23)18-25)24-13-14-26-29(19-24)43-36(42-26)32-10-8-16-50(32)38(52)34(22(2)56-4)46-40(54)58-6/h11-14,17-22,31-34H,7-10,15-16H2,1-6H3,(H,41,44)(H,42,43)(H,45,53)(H,46,54)/t21-,22-,31+,32+,33+,34+/m1/s1. The fraction of sp³-hybridized carbons (Fsp3) is 0.450. The zero-order valence-electron chi connectivity index (χ0n) is 33.3. The fourth-order valence-corrected chi connectivity index (χ4v) is 7.73. The molecule has 58 heavy (non-hydrogen) atoms. The van der Waals surface area contributed by atoms with Crippen LogP contribution in [0.5, 0.6) is 0 Å². The van der Waals surface area contributed by atoms with E-state index in [1.165, 1.54) is 28.4 Å². The predicted molar refractivity (Wildman–Crippen MR) is 211 cm³/mol. The van der Waals surface area contributed by atoms with Crippen LogP contribution in [0, 0.1) is 0 Å². The van der Waals surface area contributed by atoms with Crippen LogP contribution in [0.25, 0.3) is 44.5 Å². The van der Waals surface area contributed by atoms with Crippen molar-refractivity contribution in [3.63, 3.8) is 0 Å². The quantitative estimate of drug-likeness (QED) is 0.138. The van der Waals surface area contributed by atoms with Crippen molar-refractivity contribution in [2.24, 2.45) is 0 Å². The summed E-state index contributed by atoms with van der Waals surface area (Å²) < 4.78 is 20.3. The lowest BCUT2D eigenvalue weighted by molar-refractivity contribution is -0.138. The number of carbonyl (C=O) groups excluding carboxylic acids is 4. The molecule has 6 atom stereocenters. The maximum atomic E-state index is 13.7. The summed E-state index contributed by atoms with van der Waals surface area (Å²) >= 11 is 0. The number of carbonyl (C=O) groups is 4. The van der Waals surface area contributed by atoms with Crippen LogP contribution >= 0.6 is 0 Å². The molecule has 0 bridgehead atoms. The number of imidazole rings is 2. The van der Waals surface area contributed by atoms with Crippen LogP contribution in [0.1, 0.15) is 63.3 Å². The molecule has 2 fully saturated rings. The summed E-state index contributed by atoms with van der Waals surface area (Å²) in [4.78, 5) is 71.2. The van der Waals surface area contributed by atoms with E-state index in [2.05, 4.69) is 35.8 Å². The second-order valence-electron chi connectivity index (χ2n) is 14.5. The smallest absolute Gasteiger partial charge is 0.407 e.